The first-order valence-electron chi connectivity index (χ1n) is 7.94. The largest absolute Gasteiger partial charge is 0.713 e. The molecule has 22 heavy (non-hydrogen) atoms. The molecular weight excluding hydrogens is 275 g/mol. The molecule has 0 atom stereocenters. The van der Waals surface area contributed by atoms with Gasteiger partial charge in [0.05, 0.1) is 0 Å². The number of fused-ring (bicyclic) bond motifs is 1. The van der Waals surface area contributed by atoms with Crippen LogP contribution in [0.2, 0.25) is 0 Å². The predicted octanol–water partition coefficient (Wildman–Crippen LogP) is 4.55. The molecule has 0 radical (unpaired) electrons. The molecule has 2 aromatic carbocycles. The molecule has 0 N–H and O–H groups in total. The topological polar surface area (TPSA) is 27.7 Å². The highest BCUT2D eigenvalue weighted by Gasteiger charge is 2.25. The van der Waals surface area contributed by atoms with Gasteiger partial charge >= 0.3 is 7.32 Å². The Morgan fingerprint density at radius 2 is 1.41 bits per heavy atom. The fraction of sp³-hybridized carbons (Fsp3) is 0.444. The SMILES string of the molecule is CC(C)COB(OCC(C)C)Oc1cccc2ccccc12. The Morgan fingerprint density at radius 1 is 0.818 bits per heavy atom. The lowest BCUT2D eigenvalue weighted by Crippen LogP contribution is -2.33. The van der Waals surface area contributed by atoms with Crippen molar-refractivity contribution in [3.05, 3.63) is 42.5 Å². The molecule has 0 amide bonds. The van der Waals surface area contributed by atoms with Crippen LogP contribution < -0.4 is 4.65 Å². The van der Waals surface area contributed by atoms with Crippen LogP contribution in [0.1, 0.15) is 27.7 Å². The van der Waals surface area contributed by atoms with Crippen LogP contribution in [-0.4, -0.2) is 20.5 Å². The van der Waals surface area contributed by atoms with E-state index in [0.29, 0.717) is 25.0 Å². The van der Waals surface area contributed by atoms with Crippen molar-refractivity contribution in [2.45, 2.75) is 27.7 Å². The Hall–Kier alpha value is -1.52. The second-order valence-electron chi connectivity index (χ2n) is 6.34. The molecule has 2 rings (SSSR count). The van der Waals surface area contributed by atoms with Crippen molar-refractivity contribution in [2.24, 2.45) is 11.8 Å². The maximum absolute atomic E-state index is 5.98. The van der Waals surface area contributed by atoms with E-state index in [2.05, 4.69) is 39.8 Å². The summed E-state index contributed by atoms with van der Waals surface area (Å²) in [5.74, 6) is 1.65. The summed E-state index contributed by atoms with van der Waals surface area (Å²) in [6.07, 6.45) is 0. The van der Waals surface area contributed by atoms with Gasteiger partial charge in [0.2, 0.25) is 0 Å². The van der Waals surface area contributed by atoms with Gasteiger partial charge in [0.1, 0.15) is 5.75 Å². The van der Waals surface area contributed by atoms with Crippen molar-refractivity contribution in [1.29, 1.82) is 0 Å². The fourth-order valence-electron chi connectivity index (χ4n) is 2.06. The molecule has 0 bridgehead atoms. The van der Waals surface area contributed by atoms with Crippen molar-refractivity contribution in [2.75, 3.05) is 13.2 Å². The zero-order chi connectivity index (χ0) is 15.9. The molecule has 0 unspecified atom stereocenters. The van der Waals surface area contributed by atoms with Gasteiger partial charge in [0.25, 0.3) is 0 Å². The van der Waals surface area contributed by atoms with Crippen LogP contribution in [0.3, 0.4) is 0 Å². The molecule has 0 spiro atoms. The molecule has 0 aliphatic rings. The van der Waals surface area contributed by atoms with Crippen LogP contribution in [0.5, 0.6) is 5.75 Å². The van der Waals surface area contributed by atoms with Gasteiger partial charge in [-0.05, 0) is 23.3 Å². The first kappa shape index (κ1) is 16.8. The molecule has 3 nitrogen and oxygen atoms in total. The monoisotopic (exact) mass is 300 g/mol. The number of rotatable bonds is 8. The molecule has 0 saturated carbocycles. The van der Waals surface area contributed by atoms with Gasteiger partial charge in [-0.3, -0.25) is 0 Å². The standard InChI is InChI=1S/C18H25BO3/c1-14(2)12-20-19(21-13-15(3)4)22-18-11-7-9-16-8-5-6-10-17(16)18/h5-11,14-15H,12-13H2,1-4H3. The van der Waals surface area contributed by atoms with Gasteiger partial charge in [-0.25, -0.2) is 0 Å². The molecule has 2 aromatic rings. The van der Waals surface area contributed by atoms with Crippen LogP contribution in [0.25, 0.3) is 10.8 Å². The Balaban J connectivity index is 2.13. The Morgan fingerprint density at radius 3 is 2.05 bits per heavy atom. The van der Waals surface area contributed by atoms with Crippen LogP contribution in [0.15, 0.2) is 42.5 Å². The van der Waals surface area contributed by atoms with Gasteiger partial charge in [-0.15, -0.1) is 0 Å². The lowest BCUT2D eigenvalue weighted by molar-refractivity contribution is 0.116. The summed E-state index contributed by atoms with van der Waals surface area (Å²) in [5, 5.41) is 2.21. The minimum Gasteiger partial charge on any atom is -0.511 e. The average Bonchev–Trinajstić information content (AvgIpc) is 2.50. The summed E-state index contributed by atoms with van der Waals surface area (Å²) in [7, 11) is -0.671. The highest BCUT2D eigenvalue weighted by atomic mass is 16.7. The molecule has 4 heteroatoms. The summed E-state index contributed by atoms with van der Waals surface area (Å²) < 4.78 is 17.5. The molecule has 118 valence electrons. The van der Waals surface area contributed by atoms with Crippen LogP contribution in [0, 0.1) is 11.8 Å². The summed E-state index contributed by atoms with van der Waals surface area (Å²) in [6, 6.07) is 14.2. The molecule has 0 saturated heterocycles. The summed E-state index contributed by atoms with van der Waals surface area (Å²) in [6.45, 7) is 9.64. The van der Waals surface area contributed by atoms with Crippen LogP contribution in [-0.2, 0) is 9.31 Å². The lowest BCUT2D eigenvalue weighted by Gasteiger charge is -2.18. The smallest absolute Gasteiger partial charge is 0.511 e. The molecule has 0 aromatic heterocycles. The second kappa shape index (κ2) is 8.21. The summed E-state index contributed by atoms with van der Waals surface area (Å²) in [5.41, 5.74) is 0. The third-order valence-electron chi connectivity index (χ3n) is 3.10. The van der Waals surface area contributed by atoms with E-state index in [1.54, 1.807) is 0 Å². The van der Waals surface area contributed by atoms with Crippen molar-refractivity contribution < 1.29 is 14.0 Å². The van der Waals surface area contributed by atoms with E-state index in [0.717, 1.165) is 16.5 Å². The van der Waals surface area contributed by atoms with Crippen LogP contribution in [0.4, 0.5) is 0 Å². The molecular formula is C18H25BO3. The maximum atomic E-state index is 5.98. The van der Waals surface area contributed by atoms with E-state index >= 15 is 0 Å². The number of hydrogen-bond acceptors (Lipinski definition) is 3. The lowest BCUT2D eigenvalue weighted by atomic mass is 10.1. The van der Waals surface area contributed by atoms with E-state index in [9.17, 15) is 0 Å². The van der Waals surface area contributed by atoms with Gasteiger partial charge in [0.15, 0.2) is 0 Å². The third kappa shape index (κ3) is 5.04. The molecule has 0 aliphatic carbocycles. The van der Waals surface area contributed by atoms with Crippen molar-refractivity contribution in [3.63, 3.8) is 0 Å². The van der Waals surface area contributed by atoms with E-state index in [4.69, 9.17) is 14.0 Å². The fourth-order valence-corrected chi connectivity index (χ4v) is 2.06. The highest BCUT2D eigenvalue weighted by Crippen LogP contribution is 2.26. The van der Waals surface area contributed by atoms with E-state index in [-0.39, 0.29) is 0 Å². The van der Waals surface area contributed by atoms with Crippen molar-refractivity contribution in [1.82, 2.24) is 0 Å². The molecule has 0 heterocycles. The van der Waals surface area contributed by atoms with Crippen molar-refractivity contribution >= 4 is 18.1 Å². The second-order valence-corrected chi connectivity index (χ2v) is 6.34. The van der Waals surface area contributed by atoms with Gasteiger partial charge in [-0.2, -0.15) is 0 Å². The minimum absolute atomic E-state index is 0.432. The van der Waals surface area contributed by atoms with E-state index in [1.807, 2.05) is 30.3 Å². The maximum Gasteiger partial charge on any atom is 0.713 e. The Kier molecular flexibility index (Phi) is 6.28. The summed E-state index contributed by atoms with van der Waals surface area (Å²) >= 11 is 0. The highest BCUT2D eigenvalue weighted by molar-refractivity contribution is 6.37. The summed E-state index contributed by atoms with van der Waals surface area (Å²) in [4.78, 5) is 0. The third-order valence-corrected chi connectivity index (χ3v) is 3.10. The first-order valence-corrected chi connectivity index (χ1v) is 7.94. The van der Waals surface area contributed by atoms with Gasteiger partial charge in [0, 0.05) is 18.6 Å². The zero-order valence-electron chi connectivity index (χ0n) is 13.9. The normalized spacial score (nSPS) is 11.4. The van der Waals surface area contributed by atoms with Gasteiger partial charge < -0.3 is 14.0 Å². The molecule has 0 fully saturated rings. The Bertz CT molecular complexity index is 566. The van der Waals surface area contributed by atoms with Crippen molar-refractivity contribution in [3.8, 4) is 5.75 Å². The number of hydrogen-bond donors (Lipinski definition) is 0. The van der Waals surface area contributed by atoms with E-state index < -0.39 is 7.32 Å². The zero-order valence-corrected chi connectivity index (χ0v) is 13.9. The Labute approximate surface area is 133 Å². The number of benzene rings is 2. The molecule has 0 aliphatic heterocycles. The van der Waals surface area contributed by atoms with Gasteiger partial charge in [-0.1, -0.05) is 64.1 Å². The predicted molar refractivity (Wildman–Crippen MR) is 91.9 cm³/mol. The van der Waals surface area contributed by atoms with E-state index in [1.165, 1.54) is 0 Å². The first-order chi connectivity index (χ1) is 10.6. The quantitative estimate of drug-likeness (QED) is 0.669. The average molecular weight is 300 g/mol. The minimum atomic E-state index is -0.671. The van der Waals surface area contributed by atoms with Crippen LogP contribution >= 0.6 is 0 Å².